The van der Waals surface area contributed by atoms with Crippen molar-refractivity contribution in [3.8, 4) is 0 Å². The Morgan fingerprint density at radius 2 is 2.16 bits per heavy atom. The van der Waals surface area contributed by atoms with Crippen LogP contribution in [-0.4, -0.2) is 10.1 Å². The first kappa shape index (κ1) is 12.7. The SMILES string of the molecule is CCC(Cl)c1noc(C2CCc3ccccc3C2)n1. The van der Waals surface area contributed by atoms with E-state index in [4.69, 9.17) is 16.1 Å². The molecule has 0 saturated heterocycles. The number of fused-ring (bicyclic) bond motifs is 1. The van der Waals surface area contributed by atoms with Gasteiger partial charge in [0.2, 0.25) is 5.89 Å². The van der Waals surface area contributed by atoms with Crippen LogP contribution in [0.3, 0.4) is 0 Å². The molecule has 3 nitrogen and oxygen atoms in total. The highest BCUT2D eigenvalue weighted by Gasteiger charge is 2.25. The summed E-state index contributed by atoms with van der Waals surface area (Å²) >= 11 is 6.14. The smallest absolute Gasteiger partial charge is 0.230 e. The Morgan fingerprint density at radius 1 is 1.37 bits per heavy atom. The van der Waals surface area contributed by atoms with Gasteiger partial charge in [-0.05, 0) is 36.8 Å². The molecule has 4 heteroatoms. The molecule has 0 saturated carbocycles. The van der Waals surface area contributed by atoms with Gasteiger partial charge in [-0.15, -0.1) is 11.6 Å². The molecule has 1 aromatic carbocycles. The van der Waals surface area contributed by atoms with Gasteiger partial charge in [0.1, 0.15) is 0 Å². The largest absolute Gasteiger partial charge is 0.339 e. The Labute approximate surface area is 118 Å². The van der Waals surface area contributed by atoms with E-state index in [1.165, 1.54) is 11.1 Å². The van der Waals surface area contributed by atoms with E-state index in [1.807, 2.05) is 6.92 Å². The number of alkyl halides is 1. The average molecular weight is 277 g/mol. The first-order valence-electron chi connectivity index (χ1n) is 6.82. The summed E-state index contributed by atoms with van der Waals surface area (Å²) in [6.07, 6.45) is 3.94. The summed E-state index contributed by atoms with van der Waals surface area (Å²) in [4.78, 5) is 4.47. The van der Waals surface area contributed by atoms with Crippen LogP contribution >= 0.6 is 11.6 Å². The van der Waals surface area contributed by atoms with Crippen LogP contribution in [0, 0.1) is 0 Å². The standard InChI is InChI=1S/C15H17ClN2O/c1-2-13(16)14-17-15(19-18-14)12-8-7-10-5-3-4-6-11(10)9-12/h3-6,12-13H,2,7-9H2,1H3. The Bertz CT molecular complexity index is 567. The van der Waals surface area contributed by atoms with E-state index in [2.05, 4.69) is 34.4 Å². The van der Waals surface area contributed by atoms with Crippen LogP contribution in [0.1, 0.15) is 53.9 Å². The number of hydrogen-bond donors (Lipinski definition) is 0. The molecule has 1 heterocycles. The molecule has 0 aliphatic heterocycles. The summed E-state index contributed by atoms with van der Waals surface area (Å²) < 4.78 is 5.40. The molecule has 0 N–H and O–H groups in total. The molecular formula is C15H17ClN2O. The minimum atomic E-state index is -0.145. The van der Waals surface area contributed by atoms with Gasteiger partial charge in [-0.2, -0.15) is 4.98 Å². The van der Waals surface area contributed by atoms with Crippen LogP contribution in [0.2, 0.25) is 0 Å². The van der Waals surface area contributed by atoms with E-state index in [0.29, 0.717) is 11.7 Å². The molecule has 0 fully saturated rings. The van der Waals surface area contributed by atoms with E-state index >= 15 is 0 Å². The fourth-order valence-electron chi connectivity index (χ4n) is 2.63. The molecule has 2 unspecified atom stereocenters. The van der Waals surface area contributed by atoms with Gasteiger partial charge in [0.25, 0.3) is 0 Å². The lowest BCUT2D eigenvalue weighted by Crippen LogP contribution is -2.13. The summed E-state index contributed by atoms with van der Waals surface area (Å²) in [5, 5.41) is 3.86. The zero-order valence-corrected chi connectivity index (χ0v) is 11.7. The predicted octanol–water partition coefficient (Wildman–Crippen LogP) is 4.03. The first-order valence-corrected chi connectivity index (χ1v) is 7.26. The zero-order valence-electron chi connectivity index (χ0n) is 11.0. The van der Waals surface area contributed by atoms with E-state index in [0.717, 1.165) is 31.6 Å². The molecule has 100 valence electrons. The Kier molecular flexibility index (Phi) is 3.56. The molecule has 1 aliphatic rings. The fourth-order valence-corrected chi connectivity index (χ4v) is 2.72. The van der Waals surface area contributed by atoms with Gasteiger partial charge in [0, 0.05) is 5.92 Å². The molecule has 19 heavy (non-hydrogen) atoms. The van der Waals surface area contributed by atoms with Crippen LogP contribution in [-0.2, 0) is 12.8 Å². The summed E-state index contributed by atoms with van der Waals surface area (Å²) in [5.74, 6) is 1.69. The predicted molar refractivity (Wildman–Crippen MR) is 74.4 cm³/mol. The van der Waals surface area contributed by atoms with Crippen molar-refractivity contribution in [3.05, 3.63) is 47.1 Å². The average Bonchev–Trinajstić information content (AvgIpc) is 2.95. The number of aromatic nitrogens is 2. The highest BCUT2D eigenvalue weighted by molar-refractivity contribution is 6.20. The minimum Gasteiger partial charge on any atom is -0.339 e. The van der Waals surface area contributed by atoms with Gasteiger partial charge >= 0.3 is 0 Å². The summed E-state index contributed by atoms with van der Waals surface area (Å²) in [6.45, 7) is 2.02. The number of aryl methyl sites for hydroxylation is 1. The fraction of sp³-hybridized carbons (Fsp3) is 0.467. The van der Waals surface area contributed by atoms with Crippen molar-refractivity contribution in [2.75, 3.05) is 0 Å². The number of halogens is 1. The van der Waals surface area contributed by atoms with Crippen LogP contribution in [0.15, 0.2) is 28.8 Å². The maximum Gasteiger partial charge on any atom is 0.230 e. The van der Waals surface area contributed by atoms with Crippen LogP contribution < -0.4 is 0 Å². The van der Waals surface area contributed by atoms with Crippen molar-refractivity contribution in [3.63, 3.8) is 0 Å². The molecule has 2 atom stereocenters. The lowest BCUT2D eigenvalue weighted by molar-refractivity contribution is 0.337. The maximum absolute atomic E-state index is 6.14. The monoisotopic (exact) mass is 276 g/mol. The molecule has 2 aromatic rings. The Morgan fingerprint density at radius 3 is 2.95 bits per heavy atom. The second-order valence-corrected chi connectivity index (χ2v) is 5.60. The highest BCUT2D eigenvalue weighted by Crippen LogP contribution is 2.32. The van der Waals surface area contributed by atoms with Crippen LogP contribution in [0.5, 0.6) is 0 Å². The van der Waals surface area contributed by atoms with Crippen molar-refractivity contribution in [2.45, 2.75) is 43.9 Å². The quantitative estimate of drug-likeness (QED) is 0.795. The molecule has 3 rings (SSSR count). The summed E-state index contributed by atoms with van der Waals surface area (Å²) in [7, 11) is 0. The molecule has 1 aromatic heterocycles. The van der Waals surface area contributed by atoms with Crippen LogP contribution in [0.4, 0.5) is 0 Å². The van der Waals surface area contributed by atoms with Gasteiger partial charge in [0.15, 0.2) is 5.82 Å². The third-order valence-corrected chi connectivity index (χ3v) is 4.30. The number of rotatable bonds is 3. The van der Waals surface area contributed by atoms with Gasteiger partial charge in [-0.1, -0.05) is 36.3 Å². The van der Waals surface area contributed by atoms with E-state index < -0.39 is 0 Å². The Balaban J connectivity index is 1.79. The maximum atomic E-state index is 6.14. The van der Waals surface area contributed by atoms with Crippen molar-refractivity contribution in [2.24, 2.45) is 0 Å². The summed E-state index contributed by atoms with van der Waals surface area (Å²) in [6, 6.07) is 8.58. The number of benzene rings is 1. The topological polar surface area (TPSA) is 38.9 Å². The normalized spacial score (nSPS) is 20.0. The van der Waals surface area contributed by atoms with E-state index in [9.17, 15) is 0 Å². The Hall–Kier alpha value is -1.35. The van der Waals surface area contributed by atoms with E-state index in [1.54, 1.807) is 0 Å². The van der Waals surface area contributed by atoms with Crippen molar-refractivity contribution >= 4 is 11.6 Å². The summed E-state index contributed by atoms with van der Waals surface area (Å²) in [5.41, 5.74) is 2.85. The van der Waals surface area contributed by atoms with Gasteiger partial charge in [-0.3, -0.25) is 0 Å². The third kappa shape index (κ3) is 2.52. The van der Waals surface area contributed by atoms with Gasteiger partial charge in [0.05, 0.1) is 5.38 Å². The molecule has 0 spiro atoms. The van der Waals surface area contributed by atoms with Crippen molar-refractivity contribution in [1.29, 1.82) is 0 Å². The molecule has 0 bridgehead atoms. The van der Waals surface area contributed by atoms with E-state index in [-0.39, 0.29) is 5.38 Å². The second kappa shape index (κ2) is 5.33. The lowest BCUT2D eigenvalue weighted by Gasteiger charge is -2.21. The highest BCUT2D eigenvalue weighted by atomic mass is 35.5. The number of hydrogen-bond acceptors (Lipinski definition) is 3. The first-order chi connectivity index (χ1) is 9.28. The third-order valence-electron chi connectivity index (χ3n) is 3.79. The lowest BCUT2D eigenvalue weighted by atomic mass is 9.84. The minimum absolute atomic E-state index is 0.145. The molecular weight excluding hydrogens is 260 g/mol. The van der Waals surface area contributed by atoms with Crippen LogP contribution in [0.25, 0.3) is 0 Å². The van der Waals surface area contributed by atoms with Gasteiger partial charge in [-0.25, -0.2) is 0 Å². The molecule has 0 amide bonds. The van der Waals surface area contributed by atoms with Gasteiger partial charge < -0.3 is 4.52 Å². The molecule has 1 aliphatic carbocycles. The molecule has 0 radical (unpaired) electrons. The second-order valence-electron chi connectivity index (χ2n) is 5.08. The van der Waals surface area contributed by atoms with Crippen molar-refractivity contribution in [1.82, 2.24) is 10.1 Å². The zero-order chi connectivity index (χ0) is 13.2. The van der Waals surface area contributed by atoms with Crippen molar-refractivity contribution < 1.29 is 4.52 Å². The number of nitrogens with zero attached hydrogens (tertiary/aromatic N) is 2.